The van der Waals surface area contributed by atoms with Gasteiger partial charge in [-0.25, -0.2) is 4.98 Å². The van der Waals surface area contributed by atoms with Gasteiger partial charge in [-0.1, -0.05) is 6.92 Å². The van der Waals surface area contributed by atoms with Crippen molar-refractivity contribution >= 4 is 16.9 Å². The van der Waals surface area contributed by atoms with Crippen molar-refractivity contribution in [1.82, 2.24) is 9.97 Å². The molecule has 4 heteroatoms. The minimum atomic E-state index is 0.160. The molecule has 0 fully saturated rings. The van der Waals surface area contributed by atoms with Gasteiger partial charge in [-0.15, -0.1) is 0 Å². The molecule has 0 aliphatic heterocycles. The molecule has 0 atom stereocenters. The van der Waals surface area contributed by atoms with Gasteiger partial charge in [-0.3, -0.25) is 4.79 Å². The summed E-state index contributed by atoms with van der Waals surface area (Å²) in [6, 6.07) is 0. The summed E-state index contributed by atoms with van der Waals surface area (Å²) in [4.78, 5) is 17.5. The standard InChI is InChI=1S/C7H9N2OS/c1-2-3-7(10)11-6-4-8-5-9-6/h4H,2-3H2,1H3,(H,8,9). The number of thioether (sulfide) groups is 1. The Labute approximate surface area is 69.6 Å². The van der Waals surface area contributed by atoms with Crippen molar-refractivity contribution in [2.75, 3.05) is 0 Å². The second kappa shape index (κ2) is 4.18. The van der Waals surface area contributed by atoms with Crippen LogP contribution in [-0.2, 0) is 4.79 Å². The number of imidazole rings is 1. The SMILES string of the molecule is CCCC(=O)Sc1c[nH][c]n1. The van der Waals surface area contributed by atoms with Gasteiger partial charge in [0.2, 0.25) is 0 Å². The van der Waals surface area contributed by atoms with E-state index in [0.717, 1.165) is 18.2 Å². The van der Waals surface area contributed by atoms with Gasteiger partial charge in [0.25, 0.3) is 0 Å². The van der Waals surface area contributed by atoms with Crippen LogP contribution in [0.5, 0.6) is 0 Å². The van der Waals surface area contributed by atoms with Crippen LogP contribution in [0.2, 0.25) is 0 Å². The first-order valence-corrected chi connectivity index (χ1v) is 4.26. The van der Waals surface area contributed by atoms with Crippen LogP contribution in [0.1, 0.15) is 19.8 Å². The molecule has 11 heavy (non-hydrogen) atoms. The lowest BCUT2D eigenvalue weighted by Crippen LogP contribution is -1.88. The lowest BCUT2D eigenvalue weighted by atomic mass is 10.4. The molecule has 0 amide bonds. The monoisotopic (exact) mass is 169 g/mol. The topological polar surface area (TPSA) is 45.8 Å². The second-order valence-corrected chi connectivity index (χ2v) is 3.15. The second-order valence-electron chi connectivity index (χ2n) is 2.07. The zero-order valence-corrected chi connectivity index (χ0v) is 7.07. The molecule has 0 aromatic carbocycles. The van der Waals surface area contributed by atoms with E-state index in [4.69, 9.17) is 0 Å². The molecule has 1 aromatic rings. The third-order valence-corrected chi connectivity index (χ3v) is 1.95. The van der Waals surface area contributed by atoms with E-state index in [1.54, 1.807) is 6.20 Å². The van der Waals surface area contributed by atoms with E-state index in [1.165, 1.54) is 0 Å². The van der Waals surface area contributed by atoms with Crippen LogP contribution in [0.25, 0.3) is 0 Å². The summed E-state index contributed by atoms with van der Waals surface area (Å²) in [5.74, 6) is 0. The molecule has 0 saturated heterocycles. The van der Waals surface area contributed by atoms with Crippen molar-refractivity contribution in [2.45, 2.75) is 24.8 Å². The summed E-state index contributed by atoms with van der Waals surface area (Å²) in [6.45, 7) is 1.98. The molecule has 0 unspecified atom stereocenters. The molecule has 3 nitrogen and oxygen atoms in total. The van der Waals surface area contributed by atoms with Crippen LogP contribution in [-0.4, -0.2) is 15.1 Å². The number of carbonyl (C=O) groups excluding carboxylic acids is 1. The molecule has 1 heterocycles. The van der Waals surface area contributed by atoms with Crippen molar-refractivity contribution in [3.05, 3.63) is 12.5 Å². The Morgan fingerprint density at radius 1 is 1.91 bits per heavy atom. The third-order valence-electron chi connectivity index (χ3n) is 1.10. The highest BCUT2D eigenvalue weighted by Crippen LogP contribution is 2.16. The van der Waals surface area contributed by atoms with Crippen molar-refractivity contribution in [1.29, 1.82) is 0 Å². The van der Waals surface area contributed by atoms with Gasteiger partial charge in [0.05, 0.1) is 0 Å². The Kier molecular flexibility index (Phi) is 3.16. The predicted octanol–water partition coefficient (Wildman–Crippen LogP) is 1.63. The quantitative estimate of drug-likeness (QED) is 0.699. The van der Waals surface area contributed by atoms with E-state index in [1.807, 2.05) is 6.92 Å². The van der Waals surface area contributed by atoms with Crippen LogP contribution < -0.4 is 0 Å². The summed E-state index contributed by atoms with van der Waals surface area (Å²) in [5.41, 5.74) is 0. The zero-order valence-electron chi connectivity index (χ0n) is 6.26. The summed E-state index contributed by atoms with van der Waals surface area (Å²) < 4.78 is 0. The lowest BCUT2D eigenvalue weighted by molar-refractivity contribution is -0.111. The Bertz CT molecular complexity index is 220. The smallest absolute Gasteiger partial charge is 0.195 e. The largest absolute Gasteiger partial charge is 0.341 e. The van der Waals surface area contributed by atoms with Crippen LogP contribution in [0.4, 0.5) is 0 Å². The summed E-state index contributed by atoms with van der Waals surface area (Å²) in [5, 5.41) is 0.858. The first-order chi connectivity index (χ1) is 5.33. The summed E-state index contributed by atoms with van der Waals surface area (Å²) in [7, 11) is 0. The van der Waals surface area contributed by atoms with Crippen molar-refractivity contribution < 1.29 is 4.79 Å². The maximum atomic E-state index is 11.0. The molecular weight excluding hydrogens is 160 g/mol. The number of aromatic amines is 1. The highest BCUT2D eigenvalue weighted by atomic mass is 32.2. The fourth-order valence-corrected chi connectivity index (χ4v) is 1.39. The predicted molar refractivity (Wildman–Crippen MR) is 43.2 cm³/mol. The summed E-state index contributed by atoms with van der Waals surface area (Å²) in [6.07, 6.45) is 5.69. The van der Waals surface area contributed by atoms with Crippen LogP contribution in [0, 0.1) is 6.33 Å². The van der Waals surface area contributed by atoms with E-state index in [9.17, 15) is 4.79 Å². The Hall–Kier alpha value is -0.770. The van der Waals surface area contributed by atoms with E-state index in [-0.39, 0.29) is 5.12 Å². The number of aromatic nitrogens is 2. The van der Waals surface area contributed by atoms with Crippen molar-refractivity contribution in [3.63, 3.8) is 0 Å². The summed E-state index contributed by atoms with van der Waals surface area (Å²) >= 11 is 1.16. The third kappa shape index (κ3) is 2.76. The van der Waals surface area contributed by atoms with E-state index < -0.39 is 0 Å². The molecule has 0 saturated carbocycles. The molecule has 0 aliphatic carbocycles. The molecule has 1 radical (unpaired) electrons. The molecule has 0 spiro atoms. The number of H-pyrrole nitrogens is 1. The molecule has 1 aromatic heterocycles. The minimum absolute atomic E-state index is 0.160. The molecule has 0 aliphatic rings. The molecular formula is C7H9N2OS. The van der Waals surface area contributed by atoms with E-state index in [0.29, 0.717) is 11.4 Å². The fourth-order valence-electron chi connectivity index (χ4n) is 0.638. The zero-order chi connectivity index (χ0) is 8.10. The molecule has 1 N–H and O–H groups in total. The van der Waals surface area contributed by atoms with Crippen LogP contribution in [0.3, 0.4) is 0 Å². The van der Waals surface area contributed by atoms with Crippen molar-refractivity contribution in [3.8, 4) is 0 Å². The normalized spacial score (nSPS) is 9.91. The lowest BCUT2D eigenvalue weighted by Gasteiger charge is -1.92. The average Bonchev–Trinajstić information content (AvgIpc) is 2.40. The van der Waals surface area contributed by atoms with Gasteiger partial charge >= 0.3 is 0 Å². The number of hydrogen-bond donors (Lipinski definition) is 1. The van der Waals surface area contributed by atoms with Crippen molar-refractivity contribution in [2.24, 2.45) is 0 Å². The average molecular weight is 169 g/mol. The fraction of sp³-hybridized carbons (Fsp3) is 0.429. The number of carbonyl (C=O) groups is 1. The van der Waals surface area contributed by atoms with E-state index >= 15 is 0 Å². The molecule has 59 valence electrons. The van der Waals surface area contributed by atoms with Gasteiger partial charge in [-0.05, 0) is 18.2 Å². The first kappa shape index (κ1) is 8.33. The number of rotatable bonds is 3. The maximum Gasteiger partial charge on any atom is 0.195 e. The Morgan fingerprint density at radius 2 is 2.73 bits per heavy atom. The maximum absolute atomic E-state index is 11.0. The van der Waals surface area contributed by atoms with Gasteiger partial charge in [0.1, 0.15) is 5.03 Å². The Morgan fingerprint density at radius 3 is 3.27 bits per heavy atom. The Balaban J connectivity index is 2.37. The number of nitrogens with zero attached hydrogens (tertiary/aromatic N) is 1. The van der Waals surface area contributed by atoms with Gasteiger partial charge in [0.15, 0.2) is 11.4 Å². The highest BCUT2D eigenvalue weighted by molar-refractivity contribution is 8.13. The van der Waals surface area contributed by atoms with Crippen LogP contribution in [0.15, 0.2) is 11.2 Å². The molecule has 1 rings (SSSR count). The minimum Gasteiger partial charge on any atom is -0.341 e. The van der Waals surface area contributed by atoms with Gasteiger partial charge < -0.3 is 4.98 Å². The number of hydrogen-bond acceptors (Lipinski definition) is 3. The first-order valence-electron chi connectivity index (χ1n) is 3.45. The highest BCUT2D eigenvalue weighted by Gasteiger charge is 2.03. The van der Waals surface area contributed by atoms with E-state index in [2.05, 4.69) is 16.3 Å². The number of nitrogens with one attached hydrogen (secondary N) is 1. The van der Waals surface area contributed by atoms with Crippen LogP contribution >= 0.6 is 11.8 Å². The van der Waals surface area contributed by atoms with Gasteiger partial charge in [-0.2, -0.15) is 0 Å². The molecule has 0 bridgehead atoms. The van der Waals surface area contributed by atoms with Gasteiger partial charge in [0, 0.05) is 12.6 Å².